The van der Waals surface area contributed by atoms with E-state index in [1.54, 1.807) is 92.2 Å². The van der Waals surface area contributed by atoms with Gasteiger partial charge in [0, 0.05) is 29.4 Å². The predicted molar refractivity (Wildman–Crippen MR) is 233 cm³/mol. The summed E-state index contributed by atoms with van der Waals surface area (Å²) in [6.45, 7) is 0. The Morgan fingerprint density at radius 2 is 0.426 bits per heavy atom. The first kappa shape index (κ1) is 37.6. The van der Waals surface area contributed by atoms with Gasteiger partial charge in [0.25, 0.3) is 0 Å². The fourth-order valence-corrected chi connectivity index (χ4v) is 14.7. The van der Waals surface area contributed by atoms with Crippen molar-refractivity contribution in [3.8, 4) is 0 Å². The zero-order chi connectivity index (χ0) is 36.4. The predicted octanol–water partition coefficient (Wildman–Crippen LogP) is 16.6. The molecule has 0 aliphatic heterocycles. The van der Waals surface area contributed by atoms with E-state index in [0.717, 1.165) is 69.3 Å². The Hall–Kier alpha value is -3.32. The normalized spacial score (nSPS) is 11.2. The minimum absolute atomic E-state index is 0.868. The molecule has 0 saturated carbocycles. The Balaban J connectivity index is 1.24. The van der Waals surface area contributed by atoms with E-state index in [1.807, 2.05) is 24.3 Å². The van der Waals surface area contributed by atoms with Gasteiger partial charge < -0.3 is 8.83 Å². The molecule has 8 rings (SSSR count). The van der Waals surface area contributed by atoms with Crippen molar-refractivity contribution in [3.63, 3.8) is 0 Å². The van der Waals surface area contributed by atoms with Crippen molar-refractivity contribution in [3.05, 3.63) is 182 Å². The summed E-state index contributed by atoms with van der Waals surface area (Å²) < 4.78 is 13.8. The van der Waals surface area contributed by atoms with Crippen LogP contribution in [0.5, 0.6) is 0 Å². The summed E-state index contributed by atoms with van der Waals surface area (Å²) in [5.74, 6) is 0. The molecule has 2 heterocycles. The molecular weight excluding hydrogens is 817 g/mol. The van der Waals surface area contributed by atoms with E-state index in [0.29, 0.717) is 0 Å². The highest BCUT2D eigenvalue weighted by atomic mass is 33.1. The van der Waals surface area contributed by atoms with Crippen LogP contribution in [0.4, 0.5) is 0 Å². The van der Waals surface area contributed by atoms with Crippen LogP contribution in [-0.2, 0) is 0 Å². The van der Waals surface area contributed by atoms with Crippen molar-refractivity contribution in [2.45, 2.75) is 69.3 Å². The second-order valence-electron chi connectivity index (χ2n) is 11.3. The second-order valence-corrected chi connectivity index (χ2v) is 19.8. The molecule has 2 nitrogen and oxygen atoms in total. The minimum Gasteiger partial charge on any atom is -0.440 e. The van der Waals surface area contributed by atoms with Gasteiger partial charge in [-0.2, -0.15) is 0 Å². The van der Waals surface area contributed by atoms with Crippen LogP contribution < -0.4 is 0 Å². The van der Waals surface area contributed by atoms with Gasteiger partial charge in [-0.3, -0.25) is 0 Å². The lowest BCUT2D eigenvalue weighted by atomic mass is 10.4. The molecule has 0 unspecified atom stereocenters. The molecule has 2 aromatic heterocycles. The summed E-state index contributed by atoms with van der Waals surface area (Å²) in [7, 11) is 3.48. The molecule has 266 valence electrons. The molecule has 6 aromatic carbocycles. The largest absolute Gasteiger partial charge is 0.440 e. The van der Waals surface area contributed by atoms with Crippen LogP contribution in [0.25, 0.3) is 0 Å². The van der Waals surface area contributed by atoms with E-state index < -0.39 is 0 Å². The van der Waals surface area contributed by atoms with Crippen LogP contribution >= 0.6 is 92.2 Å². The zero-order valence-electron chi connectivity index (χ0n) is 28.4. The van der Waals surface area contributed by atoms with Gasteiger partial charge in [-0.05, 0) is 94.4 Å². The maximum Gasteiger partial charge on any atom is 0.182 e. The number of rotatable bonds is 15. The van der Waals surface area contributed by atoms with Gasteiger partial charge in [0.1, 0.15) is 0 Å². The molecule has 54 heavy (non-hydrogen) atoms. The number of furan rings is 2. The molecule has 0 bridgehead atoms. The van der Waals surface area contributed by atoms with Gasteiger partial charge in [0.05, 0.1) is 19.6 Å². The quantitative estimate of drug-likeness (QED) is 0.0928. The van der Waals surface area contributed by atoms with Crippen molar-refractivity contribution in [2.24, 2.45) is 0 Å². The SMILES string of the molecule is c1ccc(Sc2oc(Sc3ccccc3)c(Sc3ccccc3)c2SSc2c(Sc3ccccc3)oc(Sc3ccccc3)c2Sc2ccccc2)cc1. The lowest BCUT2D eigenvalue weighted by molar-refractivity contribution is 0.384. The molecule has 0 saturated heterocycles. The van der Waals surface area contributed by atoms with Crippen LogP contribution in [0.15, 0.2) is 260 Å². The topological polar surface area (TPSA) is 26.3 Å². The Labute approximate surface area is 349 Å². The van der Waals surface area contributed by atoms with Crippen LogP contribution in [-0.4, -0.2) is 0 Å². The molecule has 8 aromatic rings. The maximum atomic E-state index is 6.88. The van der Waals surface area contributed by atoms with Gasteiger partial charge in [-0.25, -0.2) is 0 Å². The Morgan fingerprint density at radius 3 is 0.667 bits per heavy atom. The average Bonchev–Trinajstić information content (AvgIpc) is 3.70. The summed E-state index contributed by atoms with van der Waals surface area (Å²) in [6.07, 6.45) is 0. The fraction of sp³-hybridized carbons (Fsp3) is 0. The van der Waals surface area contributed by atoms with Crippen molar-refractivity contribution < 1.29 is 8.83 Å². The van der Waals surface area contributed by atoms with Gasteiger partial charge in [-0.1, -0.05) is 180 Å². The summed E-state index contributed by atoms with van der Waals surface area (Å²) in [6, 6.07) is 62.9. The van der Waals surface area contributed by atoms with Gasteiger partial charge in [0.15, 0.2) is 20.4 Å². The molecule has 0 aliphatic rings. The number of benzene rings is 6. The Morgan fingerprint density at radius 1 is 0.222 bits per heavy atom. The molecule has 0 atom stereocenters. The van der Waals surface area contributed by atoms with E-state index in [-0.39, 0.29) is 0 Å². The zero-order valence-corrected chi connectivity index (χ0v) is 34.9. The van der Waals surface area contributed by atoms with E-state index in [2.05, 4.69) is 158 Å². The lowest BCUT2D eigenvalue weighted by Crippen LogP contribution is -1.80. The molecule has 0 fully saturated rings. The summed E-state index contributed by atoms with van der Waals surface area (Å²) in [5, 5.41) is 3.49. The third kappa shape index (κ3) is 9.91. The Bertz CT molecular complexity index is 2200. The van der Waals surface area contributed by atoms with E-state index in [1.165, 1.54) is 0 Å². The molecule has 0 amide bonds. The van der Waals surface area contributed by atoms with Crippen molar-refractivity contribution in [1.29, 1.82) is 0 Å². The summed E-state index contributed by atoms with van der Waals surface area (Å²) in [5.41, 5.74) is 0. The molecule has 10 heteroatoms. The molecule has 0 aliphatic carbocycles. The third-order valence-corrected chi connectivity index (χ3v) is 16.8. The van der Waals surface area contributed by atoms with Crippen LogP contribution in [0, 0.1) is 0 Å². The van der Waals surface area contributed by atoms with Crippen molar-refractivity contribution in [1.82, 2.24) is 0 Å². The first-order valence-corrected chi connectivity index (χ1v) is 23.9. The van der Waals surface area contributed by atoms with Gasteiger partial charge in [-0.15, -0.1) is 0 Å². The van der Waals surface area contributed by atoms with Gasteiger partial charge >= 0.3 is 0 Å². The number of hydrogen-bond donors (Lipinski definition) is 0. The second kappa shape index (κ2) is 19.0. The maximum absolute atomic E-state index is 6.88. The summed E-state index contributed by atoms with van der Waals surface area (Å²) in [4.78, 5) is 11.2. The highest BCUT2D eigenvalue weighted by Gasteiger charge is 2.29. The number of hydrogen-bond acceptors (Lipinski definition) is 10. The molecule has 0 spiro atoms. The monoisotopic (exact) mass is 846 g/mol. The first-order valence-electron chi connectivity index (χ1n) is 16.8. The first-order chi connectivity index (χ1) is 26.7. The van der Waals surface area contributed by atoms with E-state index in [9.17, 15) is 0 Å². The van der Waals surface area contributed by atoms with Crippen molar-refractivity contribution in [2.75, 3.05) is 0 Å². The van der Waals surface area contributed by atoms with E-state index >= 15 is 0 Å². The lowest BCUT2D eigenvalue weighted by Gasteiger charge is -2.09. The van der Waals surface area contributed by atoms with Crippen molar-refractivity contribution >= 4 is 92.2 Å². The Kier molecular flexibility index (Phi) is 13.2. The third-order valence-electron chi connectivity index (χ3n) is 7.47. The minimum atomic E-state index is 0.868. The van der Waals surface area contributed by atoms with Crippen LogP contribution in [0.1, 0.15) is 0 Å². The molecule has 0 N–H and O–H groups in total. The van der Waals surface area contributed by atoms with E-state index in [4.69, 9.17) is 8.83 Å². The molecule has 0 radical (unpaired) electrons. The average molecular weight is 847 g/mol. The standard InChI is InChI=1S/C44H30O2S8/c1-7-19-31(20-8-1)47-37-39(43(51-35-27-15-5-16-28-35)45-41(37)49-33-23-11-3-12-24-33)53-54-40-38(48-32-21-9-2-10-22-32)42(50-34-25-13-4-14-26-34)46-44(40)52-36-29-17-6-18-30-36/h1-30H. The van der Waals surface area contributed by atoms with Crippen LogP contribution in [0.3, 0.4) is 0 Å². The highest BCUT2D eigenvalue weighted by Crippen LogP contribution is 2.59. The highest BCUT2D eigenvalue weighted by molar-refractivity contribution is 8.76. The fourth-order valence-electron chi connectivity index (χ4n) is 4.99. The smallest absolute Gasteiger partial charge is 0.182 e. The van der Waals surface area contributed by atoms with Gasteiger partial charge in [0.2, 0.25) is 0 Å². The van der Waals surface area contributed by atoms with Crippen LogP contribution in [0.2, 0.25) is 0 Å². The summed E-state index contributed by atoms with van der Waals surface area (Å²) >= 11 is 10.1. The molecular formula is C44H30O2S8.